The molecular weight excluding hydrogens is 324 g/mol. The van der Waals surface area contributed by atoms with Gasteiger partial charge in [0.15, 0.2) is 12.4 Å². The van der Waals surface area contributed by atoms with Gasteiger partial charge in [-0.25, -0.2) is 13.2 Å². The number of carboxylic acids is 1. The molecule has 1 aromatic heterocycles. The fourth-order valence-electron chi connectivity index (χ4n) is 1.49. The highest BCUT2D eigenvalue weighted by Gasteiger charge is 2.20. The Hall–Kier alpha value is -2.13. The zero-order valence-electron chi connectivity index (χ0n) is 10.6. The lowest BCUT2D eigenvalue weighted by Gasteiger charge is -2.08. The van der Waals surface area contributed by atoms with Crippen molar-refractivity contribution in [2.45, 2.75) is 18.4 Å². The Bertz CT molecular complexity index is 786. The van der Waals surface area contributed by atoms with Crippen LogP contribution in [0.1, 0.15) is 22.1 Å². The summed E-state index contributed by atoms with van der Waals surface area (Å²) in [7, 11) is 1.10. The second-order valence-corrected chi connectivity index (χ2v) is 6.46. The fourth-order valence-corrected chi connectivity index (χ4v) is 2.49. The second-order valence-electron chi connectivity index (χ2n) is 3.93. The lowest BCUT2D eigenvalue weighted by atomic mass is 10.2. The zero-order valence-corrected chi connectivity index (χ0v) is 12.2. The van der Waals surface area contributed by atoms with Gasteiger partial charge in [-0.15, -0.1) is 0 Å². The topological polar surface area (TPSA) is 120 Å². The molecule has 0 aliphatic heterocycles. The van der Waals surface area contributed by atoms with Crippen molar-refractivity contribution in [3.63, 3.8) is 0 Å². The monoisotopic (exact) mass is 332 g/mol. The molecular formula is C11H9ClN2O6S. The van der Waals surface area contributed by atoms with Gasteiger partial charge in [0.05, 0.1) is 5.56 Å². The average Bonchev–Trinajstić information content (AvgIpc) is 2.81. The van der Waals surface area contributed by atoms with Gasteiger partial charge in [0.2, 0.25) is 0 Å². The van der Waals surface area contributed by atoms with Crippen molar-refractivity contribution < 1.29 is 27.6 Å². The van der Waals surface area contributed by atoms with Crippen molar-refractivity contribution in [1.82, 2.24) is 10.1 Å². The van der Waals surface area contributed by atoms with Crippen LogP contribution in [-0.2, 0) is 15.7 Å². The number of hydrogen-bond donors (Lipinski definition) is 1. The minimum Gasteiger partial charge on any atom is -0.482 e. The first kappa shape index (κ1) is 15.3. The van der Waals surface area contributed by atoms with E-state index in [0.29, 0.717) is 5.82 Å². The number of aromatic carboxylic acids is 1. The molecule has 10 heteroatoms. The SMILES string of the molecule is Cc1noc(COc2ccc(C(=O)O)cc2S(=O)(=O)Cl)n1. The summed E-state index contributed by atoms with van der Waals surface area (Å²) in [5.74, 6) is -0.839. The Morgan fingerprint density at radius 3 is 2.71 bits per heavy atom. The number of carboxylic acid groups (broad SMARTS) is 1. The number of benzene rings is 1. The maximum absolute atomic E-state index is 11.5. The number of halogens is 1. The fraction of sp³-hybridized carbons (Fsp3) is 0.182. The minimum absolute atomic E-state index is 0.106. The van der Waals surface area contributed by atoms with Gasteiger partial charge in [0.1, 0.15) is 10.6 Å². The highest BCUT2D eigenvalue weighted by Crippen LogP contribution is 2.28. The highest BCUT2D eigenvalue weighted by atomic mass is 35.7. The molecule has 8 nitrogen and oxygen atoms in total. The van der Waals surface area contributed by atoms with Crippen molar-refractivity contribution in [3.05, 3.63) is 35.5 Å². The normalized spacial score (nSPS) is 11.3. The van der Waals surface area contributed by atoms with Crippen molar-refractivity contribution in [3.8, 4) is 5.75 Å². The Morgan fingerprint density at radius 1 is 1.48 bits per heavy atom. The second kappa shape index (κ2) is 5.70. The third-order valence-corrected chi connectivity index (χ3v) is 3.72. The van der Waals surface area contributed by atoms with Gasteiger partial charge < -0.3 is 14.4 Å². The third kappa shape index (κ3) is 3.70. The Morgan fingerprint density at radius 2 is 2.19 bits per heavy atom. The van der Waals surface area contributed by atoms with Gasteiger partial charge in [-0.1, -0.05) is 5.16 Å². The molecule has 0 saturated heterocycles. The molecule has 1 N–H and O–H groups in total. The van der Waals surface area contributed by atoms with Crippen LogP contribution in [0.3, 0.4) is 0 Å². The zero-order chi connectivity index (χ0) is 15.6. The van der Waals surface area contributed by atoms with Gasteiger partial charge in [-0.2, -0.15) is 4.98 Å². The van der Waals surface area contributed by atoms with Crippen LogP contribution in [0.25, 0.3) is 0 Å². The lowest BCUT2D eigenvalue weighted by molar-refractivity contribution is 0.0696. The molecule has 1 aromatic carbocycles. The molecule has 0 unspecified atom stereocenters. The van der Waals surface area contributed by atoms with Crippen molar-refractivity contribution in [2.75, 3.05) is 0 Å². The molecule has 0 saturated carbocycles. The first-order valence-electron chi connectivity index (χ1n) is 5.51. The number of aromatic nitrogens is 2. The highest BCUT2D eigenvalue weighted by molar-refractivity contribution is 8.13. The number of carbonyl (C=O) groups is 1. The van der Waals surface area contributed by atoms with E-state index in [4.69, 9.17) is 25.0 Å². The molecule has 0 aliphatic carbocycles. The molecule has 0 aliphatic rings. The number of hydrogen-bond acceptors (Lipinski definition) is 7. The van der Waals surface area contributed by atoms with E-state index in [2.05, 4.69) is 10.1 Å². The Labute approximate surface area is 123 Å². The van der Waals surface area contributed by atoms with Crippen LogP contribution < -0.4 is 4.74 Å². The van der Waals surface area contributed by atoms with Crippen LogP contribution in [0.2, 0.25) is 0 Å². The predicted octanol–water partition coefficient (Wildman–Crippen LogP) is 1.58. The number of aryl methyl sites for hydroxylation is 1. The molecule has 2 rings (SSSR count). The van der Waals surface area contributed by atoms with Gasteiger partial charge in [-0.05, 0) is 25.1 Å². The van der Waals surface area contributed by atoms with Crippen LogP contribution in [-0.4, -0.2) is 29.6 Å². The van der Waals surface area contributed by atoms with Crippen LogP contribution in [0.5, 0.6) is 5.75 Å². The largest absolute Gasteiger partial charge is 0.482 e. The van der Waals surface area contributed by atoms with Crippen molar-refractivity contribution in [2.24, 2.45) is 0 Å². The standard InChI is InChI=1S/C11H9ClN2O6S/c1-6-13-10(20-14-6)5-19-8-3-2-7(11(15)16)4-9(8)21(12,17)18/h2-4H,5H2,1H3,(H,15,16). The summed E-state index contributed by atoms with van der Waals surface area (Å²) in [6, 6.07) is 3.31. The number of nitrogens with zero attached hydrogens (tertiary/aromatic N) is 2. The first-order valence-corrected chi connectivity index (χ1v) is 7.82. The lowest BCUT2D eigenvalue weighted by Crippen LogP contribution is -2.04. The van der Waals surface area contributed by atoms with E-state index in [-0.39, 0.29) is 23.8 Å². The van der Waals surface area contributed by atoms with Gasteiger partial charge >= 0.3 is 5.97 Å². The first-order chi connectivity index (χ1) is 9.77. The molecule has 0 bridgehead atoms. The molecule has 1 heterocycles. The summed E-state index contributed by atoms with van der Waals surface area (Å²) in [4.78, 5) is 14.3. The van der Waals surface area contributed by atoms with Crippen LogP contribution in [0.15, 0.2) is 27.6 Å². The van der Waals surface area contributed by atoms with Crippen molar-refractivity contribution in [1.29, 1.82) is 0 Å². The molecule has 0 radical (unpaired) electrons. The molecule has 21 heavy (non-hydrogen) atoms. The van der Waals surface area contributed by atoms with E-state index in [9.17, 15) is 13.2 Å². The molecule has 2 aromatic rings. The van der Waals surface area contributed by atoms with E-state index in [1.54, 1.807) is 6.92 Å². The number of rotatable bonds is 5. The van der Waals surface area contributed by atoms with Gasteiger partial charge in [0.25, 0.3) is 14.9 Å². The van der Waals surface area contributed by atoms with E-state index in [1.807, 2.05) is 0 Å². The summed E-state index contributed by atoms with van der Waals surface area (Å²) < 4.78 is 33.0. The maximum Gasteiger partial charge on any atom is 0.335 e. The summed E-state index contributed by atoms with van der Waals surface area (Å²) in [5, 5.41) is 12.4. The maximum atomic E-state index is 11.5. The third-order valence-electron chi connectivity index (χ3n) is 2.37. The van der Waals surface area contributed by atoms with E-state index >= 15 is 0 Å². The minimum atomic E-state index is -4.17. The molecule has 0 fully saturated rings. The number of ether oxygens (including phenoxy) is 1. The Balaban J connectivity index is 2.32. The average molecular weight is 333 g/mol. The summed E-state index contributed by atoms with van der Waals surface area (Å²) >= 11 is 0. The van der Waals surface area contributed by atoms with E-state index < -0.39 is 19.9 Å². The summed E-state index contributed by atoms with van der Waals surface area (Å²) in [5.41, 5.74) is -0.227. The van der Waals surface area contributed by atoms with E-state index in [1.165, 1.54) is 12.1 Å². The molecule has 0 amide bonds. The van der Waals surface area contributed by atoms with Gasteiger partial charge in [0, 0.05) is 10.7 Å². The van der Waals surface area contributed by atoms with E-state index in [0.717, 1.165) is 6.07 Å². The molecule has 0 spiro atoms. The Kier molecular flexibility index (Phi) is 4.14. The quantitative estimate of drug-likeness (QED) is 0.819. The predicted molar refractivity (Wildman–Crippen MR) is 69.8 cm³/mol. The van der Waals surface area contributed by atoms with Gasteiger partial charge in [-0.3, -0.25) is 0 Å². The summed E-state index contributed by atoms with van der Waals surface area (Å²) in [6.45, 7) is 1.44. The van der Waals surface area contributed by atoms with Crippen LogP contribution in [0.4, 0.5) is 0 Å². The summed E-state index contributed by atoms with van der Waals surface area (Å²) in [6.07, 6.45) is 0. The van der Waals surface area contributed by atoms with Crippen molar-refractivity contribution >= 4 is 25.7 Å². The molecule has 0 atom stereocenters. The van der Waals surface area contributed by atoms with Crippen LogP contribution >= 0.6 is 10.7 Å². The van der Waals surface area contributed by atoms with Crippen LogP contribution in [0, 0.1) is 6.92 Å². The smallest absolute Gasteiger partial charge is 0.335 e. The molecule has 112 valence electrons.